The molecular weight excluding hydrogens is 730 g/mol. The molecule has 3 rings (SSSR count). The lowest BCUT2D eigenvalue weighted by Gasteiger charge is -2.15. The van der Waals surface area contributed by atoms with Gasteiger partial charge in [0.05, 0.1) is 12.0 Å². The Morgan fingerprint density at radius 2 is 1.12 bits per heavy atom. The van der Waals surface area contributed by atoms with E-state index in [9.17, 15) is 34.4 Å². The maximum atomic E-state index is 14.2. The van der Waals surface area contributed by atoms with Crippen LogP contribution in [0.1, 0.15) is 0 Å². The van der Waals surface area contributed by atoms with Gasteiger partial charge in [0.1, 0.15) is 22.0 Å². The molecule has 34 heavy (non-hydrogen) atoms. The fraction of sp³-hybridized carbons (Fsp3) is 0.0526. The normalized spacial score (nSPS) is 11.9. The summed E-state index contributed by atoms with van der Waals surface area (Å²) in [4.78, 5) is -1.51. The molecule has 0 atom stereocenters. The molecule has 0 aliphatic heterocycles. The van der Waals surface area contributed by atoms with Crippen LogP contribution in [-0.2, 0) is 20.0 Å². The second-order valence-corrected chi connectivity index (χ2v) is 12.3. The van der Waals surface area contributed by atoms with E-state index in [0.29, 0.717) is 6.07 Å². The van der Waals surface area contributed by atoms with Crippen molar-refractivity contribution in [2.45, 2.75) is 9.79 Å². The molecule has 0 bridgehead atoms. The molecule has 3 aromatic rings. The van der Waals surface area contributed by atoms with Gasteiger partial charge in [0.15, 0.2) is 23.3 Å². The van der Waals surface area contributed by atoms with Gasteiger partial charge in [-0.1, -0.05) is 0 Å². The molecule has 0 aliphatic rings. The predicted molar refractivity (Wildman–Crippen MR) is 133 cm³/mol. The van der Waals surface area contributed by atoms with Gasteiger partial charge in [0, 0.05) is 7.14 Å². The lowest BCUT2D eigenvalue weighted by molar-refractivity contribution is 0.402. The molecule has 0 spiro atoms. The molecule has 0 aromatic heterocycles. The van der Waals surface area contributed by atoms with Crippen molar-refractivity contribution in [2.24, 2.45) is 0 Å². The van der Waals surface area contributed by atoms with Gasteiger partial charge in [-0.25, -0.2) is 34.4 Å². The maximum absolute atomic E-state index is 14.2. The molecule has 0 radical (unpaired) electrons. The Labute approximate surface area is 219 Å². The monoisotopic (exact) mass is 742 g/mol. The van der Waals surface area contributed by atoms with Crippen LogP contribution in [0.15, 0.2) is 52.3 Å². The summed E-state index contributed by atoms with van der Waals surface area (Å²) in [5.74, 6) is -5.16. The standard InChI is InChI=1S/C19H12F4I2N2O5S2/c1-32-16-3-2-11(33(28,29)26-18-12(20)4-9(24)5-13(18)21)8-17(16)34(30,31)27-19-14(22)6-10(25)7-15(19)23/h2-8,26-27H,1H3. The average Bonchev–Trinajstić information content (AvgIpc) is 2.73. The summed E-state index contributed by atoms with van der Waals surface area (Å²) in [6.45, 7) is 0. The van der Waals surface area contributed by atoms with Gasteiger partial charge in [-0.05, 0) is 87.6 Å². The first-order chi connectivity index (χ1) is 15.7. The topological polar surface area (TPSA) is 102 Å². The Kier molecular flexibility index (Phi) is 7.88. The van der Waals surface area contributed by atoms with Gasteiger partial charge in [0.25, 0.3) is 20.0 Å². The summed E-state index contributed by atoms with van der Waals surface area (Å²) in [5.41, 5.74) is -1.96. The summed E-state index contributed by atoms with van der Waals surface area (Å²) in [5, 5.41) is 0. The van der Waals surface area contributed by atoms with Crippen LogP contribution < -0.4 is 14.2 Å². The SMILES string of the molecule is COc1ccc(S(=O)(=O)Nc2c(F)cc(I)cc2F)cc1S(=O)(=O)Nc1c(F)cc(I)cc1F. The van der Waals surface area contributed by atoms with Crippen molar-refractivity contribution in [1.82, 2.24) is 0 Å². The van der Waals surface area contributed by atoms with E-state index in [4.69, 9.17) is 4.74 Å². The van der Waals surface area contributed by atoms with Crippen LogP contribution in [0.2, 0.25) is 0 Å². The smallest absolute Gasteiger partial charge is 0.265 e. The van der Waals surface area contributed by atoms with E-state index in [1.807, 2.05) is 0 Å². The van der Waals surface area contributed by atoms with Crippen molar-refractivity contribution in [3.8, 4) is 5.75 Å². The zero-order chi connectivity index (χ0) is 25.4. The number of methoxy groups -OCH3 is 1. The zero-order valence-electron chi connectivity index (χ0n) is 16.7. The number of halogens is 6. The molecule has 0 amide bonds. The molecule has 0 saturated carbocycles. The van der Waals surface area contributed by atoms with Gasteiger partial charge in [-0.15, -0.1) is 0 Å². The Morgan fingerprint density at radius 3 is 1.53 bits per heavy atom. The van der Waals surface area contributed by atoms with E-state index >= 15 is 0 Å². The molecule has 0 unspecified atom stereocenters. The minimum Gasteiger partial charge on any atom is -0.495 e. The first-order valence-electron chi connectivity index (χ1n) is 8.78. The van der Waals surface area contributed by atoms with Crippen molar-refractivity contribution < 1.29 is 39.1 Å². The number of benzene rings is 3. The number of sulfonamides is 2. The highest BCUT2D eigenvalue weighted by Crippen LogP contribution is 2.32. The van der Waals surface area contributed by atoms with Crippen LogP contribution in [-0.4, -0.2) is 23.9 Å². The fourth-order valence-corrected chi connectivity index (χ4v) is 6.24. The highest BCUT2D eigenvalue weighted by Gasteiger charge is 2.27. The van der Waals surface area contributed by atoms with E-state index in [2.05, 4.69) is 0 Å². The minimum atomic E-state index is -4.79. The van der Waals surface area contributed by atoms with E-state index in [0.717, 1.165) is 43.5 Å². The molecule has 2 N–H and O–H groups in total. The van der Waals surface area contributed by atoms with Crippen LogP contribution in [0.25, 0.3) is 0 Å². The summed E-state index contributed by atoms with van der Waals surface area (Å²) >= 11 is 3.27. The second-order valence-electron chi connectivity index (χ2n) is 6.51. The van der Waals surface area contributed by atoms with Crippen molar-refractivity contribution >= 4 is 76.6 Å². The van der Waals surface area contributed by atoms with Crippen LogP contribution >= 0.6 is 45.2 Å². The van der Waals surface area contributed by atoms with Crippen LogP contribution in [0.4, 0.5) is 28.9 Å². The molecular formula is C19H12F4I2N2O5S2. The first kappa shape index (κ1) is 26.7. The Morgan fingerprint density at radius 1 is 0.706 bits per heavy atom. The summed E-state index contributed by atoms with van der Waals surface area (Å²) < 4.78 is 117. The molecule has 182 valence electrons. The predicted octanol–water partition coefficient (Wildman–Crippen LogP) is 5.06. The number of anilines is 2. The second kappa shape index (κ2) is 10.0. The Hall–Kier alpha value is -1.86. The Bertz CT molecular complexity index is 1460. The number of ether oxygens (including phenoxy) is 1. The van der Waals surface area contributed by atoms with Gasteiger partial charge in [0.2, 0.25) is 0 Å². The fourth-order valence-electron chi connectivity index (χ4n) is 2.70. The quantitative estimate of drug-likeness (QED) is 0.261. The number of rotatable bonds is 7. The third kappa shape index (κ3) is 5.68. The third-order valence-electron chi connectivity index (χ3n) is 4.22. The van der Waals surface area contributed by atoms with Crippen molar-refractivity contribution in [3.05, 3.63) is 72.9 Å². The van der Waals surface area contributed by atoms with E-state index in [1.165, 1.54) is 0 Å². The molecule has 0 aliphatic carbocycles. The largest absolute Gasteiger partial charge is 0.495 e. The molecule has 3 aromatic carbocycles. The van der Waals surface area contributed by atoms with E-state index in [-0.39, 0.29) is 12.9 Å². The first-order valence-corrected chi connectivity index (χ1v) is 13.9. The van der Waals surface area contributed by atoms with Crippen LogP contribution in [0, 0.1) is 30.4 Å². The molecule has 0 heterocycles. The zero-order valence-corrected chi connectivity index (χ0v) is 22.6. The summed E-state index contributed by atoms with van der Waals surface area (Å²) in [7, 11) is -8.41. The van der Waals surface area contributed by atoms with Crippen LogP contribution in [0.5, 0.6) is 5.75 Å². The summed E-state index contributed by atoms with van der Waals surface area (Å²) in [6.07, 6.45) is 0. The van der Waals surface area contributed by atoms with Crippen LogP contribution in [0.3, 0.4) is 0 Å². The lowest BCUT2D eigenvalue weighted by Crippen LogP contribution is -2.19. The summed E-state index contributed by atoms with van der Waals surface area (Å²) in [6, 6.07) is 6.05. The van der Waals surface area contributed by atoms with Gasteiger partial charge < -0.3 is 4.74 Å². The lowest BCUT2D eigenvalue weighted by atomic mass is 10.3. The van der Waals surface area contributed by atoms with Gasteiger partial charge in [-0.2, -0.15) is 0 Å². The number of hydrogen-bond acceptors (Lipinski definition) is 5. The number of hydrogen-bond donors (Lipinski definition) is 2. The third-order valence-corrected chi connectivity index (χ3v) is 8.19. The average molecular weight is 742 g/mol. The number of nitrogens with one attached hydrogen (secondary N) is 2. The molecule has 15 heteroatoms. The van der Waals surface area contributed by atoms with Gasteiger partial charge in [-0.3, -0.25) is 9.44 Å². The minimum absolute atomic E-state index is 0.169. The highest BCUT2D eigenvalue weighted by atomic mass is 127. The molecule has 0 saturated heterocycles. The van der Waals surface area contributed by atoms with Crippen molar-refractivity contribution in [2.75, 3.05) is 16.6 Å². The van der Waals surface area contributed by atoms with Gasteiger partial charge >= 0.3 is 0 Å². The van der Waals surface area contributed by atoms with Crippen molar-refractivity contribution in [3.63, 3.8) is 0 Å². The van der Waals surface area contributed by atoms with E-state index in [1.54, 1.807) is 54.6 Å². The molecule has 7 nitrogen and oxygen atoms in total. The van der Waals surface area contributed by atoms with E-state index < -0.39 is 64.5 Å². The molecule has 0 fully saturated rings. The maximum Gasteiger partial charge on any atom is 0.265 e. The highest BCUT2D eigenvalue weighted by molar-refractivity contribution is 14.1. The van der Waals surface area contributed by atoms with Crippen molar-refractivity contribution in [1.29, 1.82) is 0 Å². The Balaban J connectivity index is 2.07.